The number of piperidine rings is 1. The third kappa shape index (κ3) is 4.65. The van der Waals surface area contributed by atoms with Crippen molar-refractivity contribution in [2.45, 2.75) is 38.6 Å². The highest BCUT2D eigenvalue weighted by Gasteiger charge is 2.55. The first kappa shape index (κ1) is 26.5. The number of barbiturate groups is 1. The fourth-order valence-electron chi connectivity index (χ4n) is 6.60. The van der Waals surface area contributed by atoms with Crippen LogP contribution in [0.1, 0.15) is 36.1 Å². The van der Waals surface area contributed by atoms with E-state index in [-0.39, 0.29) is 30.4 Å². The quantitative estimate of drug-likeness (QED) is 0.462. The highest BCUT2D eigenvalue weighted by atomic mass is 35.5. The fourth-order valence-corrected chi connectivity index (χ4v) is 6.73. The van der Waals surface area contributed by atoms with E-state index in [0.29, 0.717) is 30.3 Å². The summed E-state index contributed by atoms with van der Waals surface area (Å²) in [6.45, 7) is 4.07. The summed E-state index contributed by atoms with van der Waals surface area (Å²) in [5.41, 5.74) is 1.75. The van der Waals surface area contributed by atoms with Crippen LogP contribution in [0.25, 0.3) is 0 Å². The minimum Gasteiger partial charge on any atom is -0.312 e. The van der Waals surface area contributed by atoms with Crippen LogP contribution in [0.5, 0.6) is 0 Å². The molecule has 3 aliphatic rings. The molecule has 3 aromatic rings. The predicted molar refractivity (Wildman–Crippen MR) is 152 cm³/mol. The van der Waals surface area contributed by atoms with Crippen molar-refractivity contribution in [3.8, 4) is 0 Å². The van der Waals surface area contributed by atoms with Crippen LogP contribution < -0.4 is 15.8 Å². The lowest BCUT2D eigenvalue weighted by Gasteiger charge is -2.47. The fraction of sp³-hybridized carbons (Fsp3) is 0.355. The molecule has 1 aromatic heterocycles. The third-order valence-electron chi connectivity index (χ3n) is 8.54. The van der Waals surface area contributed by atoms with Crippen molar-refractivity contribution in [3.63, 3.8) is 0 Å². The number of carbonyl (C=O) groups is 3. The minimum absolute atomic E-state index is 0.00457. The first-order chi connectivity index (χ1) is 19.3. The summed E-state index contributed by atoms with van der Waals surface area (Å²) in [7, 11) is 0. The standard InChI is InChI=1S/C31H31ClN4O4/c1-2-20-8-12-25(13-9-20)36-29(39)31(28(38)33-30(36)40,15-21-6-10-24(32)11-7-21)19-34-16-22-14-23(18-34)26-4-3-5-27(37)35(26)17-22/h3-13,22-23H,2,14-19H2,1H3,(H,33,38,40)/t22-,23+,31+/m1/s1. The maximum atomic E-state index is 14.4. The van der Waals surface area contributed by atoms with Gasteiger partial charge in [0.15, 0.2) is 0 Å². The maximum Gasteiger partial charge on any atom is 0.335 e. The Labute approximate surface area is 237 Å². The molecule has 0 radical (unpaired) electrons. The van der Waals surface area contributed by atoms with Gasteiger partial charge >= 0.3 is 6.03 Å². The van der Waals surface area contributed by atoms with Crippen LogP contribution in [-0.2, 0) is 29.0 Å². The minimum atomic E-state index is -1.53. The number of rotatable bonds is 6. The molecule has 2 aromatic carbocycles. The van der Waals surface area contributed by atoms with E-state index in [2.05, 4.69) is 10.2 Å². The van der Waals surface area contributed by atoms with Crippen LogP contribution in [0.3, 0.4) is 0 Å². The number of urea groups is 1. The zero-order valence-electron chi connectivity index (χ0n) is 22.3. The average Bonchev–Trinajstić information content (AvgIpc) is 2.94. The summed E-state index contributed by atoms with van der Waals surface area (Å²) in [4.78, 5) is 57.0. The van der Waals surface area contributed by atoms with Gasteiger partial charge < -0.3 is 9.47 Å². The normalized spacial score (nSPS) is 24.6. The highest BCUT2D eigenvalue weighted by molar-refractivity contribution is 6.31. The molecule has 8 nitrogen and oxygen atoms in total. The van der Waals surface area contributed by atoms with Crippen LogP contribution >= 0.6 is 11.6 Å². The molecule has 6 rings (SSSR count). The van der Waals surface area contributed by atoms with Gasteiger partial charge in [0.25, 0.3) is 11.5 Å². The molecule has 40 heavy (non-hydrogen) atoms. The maximum absolute atomic E-state index is 14.4. The molecule has 2 bridgehead atoms. The predicted octanol–water partition coefficient (Wildman–Crippen LogP) is 4.00. The zero-order chi connectivity index (χ0) is 28.0. The molecule has 3 aliphatic heterocycles. The van der Waals surface area contributed by atoms with Crippen molar-refractivity contribution < 1.29 is 14.4 Å². The van der Waals surface area contributed by atoms with Crippen LogP contribution in [0.15, 0.2) is 71.5 Å². The summed E-state index contributed by atoms with van der Waals surface area (Å²) in [6, 6.07) is 19.0. The Morgan fingerprint density at radius 3 is 2.35 bits per heavy atom. The van der Waals surface area contributed by atoms with E-state index in [1.807, 2.05) is 41.8 Å². The smallest absolute Gasteiger partial charge is 0.312 e. The summed E-state index contributed by atoms with van der Waals surface area (Å²) < 4.78 is 1.86. The van der Waals surface area contributed by atoms with Crippen molar-refractivity contribution in [2.75, 3.05) is 24.5 Å². The third-order valence-corrected chi connectivity index (χ3v) is 8.79. The number of imide groups is 2. The van der Waals surface area contributed by atoms with E-state index in [0.717, 1.165) is 34.6 Å². The number of aromatic nitrogens is 1. The number of hydrogen-bond acceptors (Lipinski definition) is 5. The molecule has 2 saturated heterocycles. The molecule has 4 amide bonds. The number of pyridine rings is 1. The van der Waals surface area contributed by atoms with Gasteiger partial charge in [0.05, 0.1) is 5.69 Å². The summed E-state index contributed by atoms with van der Waals surface area (Å²) in [5.74, 6) is -0.783. The number of hydrogen-bond donors (Lipinski definition) is 1. The molecular weight excluding hydrogens is 528 g/mol. The number of likely N-dealkylation sites (tertiary alicyclic amines) is 1. The number of nitrogens with one attached hydrogen (secondary N) is 1. The SMILES string of the molecule is CCc1ccc(N2C(=O)NC(=O)[C@](Cc3ccc(Cl)cc3)(CN3C[C@H]4C[C@@H](C3)c3cccc(=O)n3C4)C2=O)cc1. The van der Waals surface area contributed by atoms with Crippen LogP contribution in [0.2, 0.25) is 5.02 Å². The van der Waals surface area contributed by atoms with Gasteiger partial charge in [0.2, 0.25) is 5.91 Å². The molecular formula is C31H31ClN4O4. The number of nitrogens with zero attached hydrogens (tertiary/aromatic N) is 3. The van der Waals surface area contributed by atoms with E-state index in [1.165, 1.54) is 0 Å². The van der Waals surface area contributed by atoms with E-state index < -0.39 is 23.3 Å². The van der Waals surface area contributed by atoms with Crippen LogP contribution in [0.4, 0.5) is 10.5 Å². The molecule has 206 valence electrons. The molecule has 0 saturated carbocycles. The summed E-state index contributed by atoms with van der Waals surface area (Å²) in [5, 5.41) is 3.06. The van der Waals surface area contributed by atoms with E-state index in [4.69, 9.17) is 11.6 Å². The Balaban J connectivity index is 1.37. The van der Waals surface area contributed by atoms with E-state index >= 15 is 0 Å². The number of anilines is 1. The lowest BCUT2D eigenvalue weighted by molar-refractivity contribution is -0.144. The van der Waals surface area contributed by atoms with Gasteiger partial charge in [-0.3, -0.25) is 19.7 Å². The lowest BCUT2D eigenvalue weighted by atomic mass is 9.75. The van der Waals surface area contributed by atoms with Gasteiger partial charge in [-0.1, -0.05) is 48.9 Å². The molecule has 0 unspecified atom stereocenters. The van der Waals surface area contributed by atoms with Gasteiger partial charge in [-0.05, 0) is 66.6 Å². The monoisotopic (exact) mass is 558 g/mol. The van der Waals surface area contributed by atoms with Crippen molar-refractivity contribution in [2.24, 2.45) is 11.3 Å². The van der Waals surface area contributed by atoms with Gasteiger partial charge in [0.1, 0.15) is 5.41 Å². The molecule has 0 spiro atoms. The topological polar surface area (TPSA) is 91.7 Å². The van der Waals surface area contributed by atoms with Crippen molar-refractivity contribution in [1.29, 1.82) is 0 Å². The molecule has 9 heteroatoms. The van der Waals surface area contributed by atoms with Gasteiger partial charge in [0, 0.05) is 48.9 Å². The summed E-state index contributed by atoms with van der Waals surface area (Å²) >= 11 is 6.12. The van der Waals surface area contributed by atoms with E-state index in [1.54, 1.807) is 36.4 Å². The van der Waals surface area contributed by atoms with Crippen molar-refractivity contribution in [1.82, 2.24) is 14.8 Å². The van der Waals surface area contributed by atoms with Crippen molar-refractivity contribution in [3.05, 3.63) is 98.9 Å². The molecule has 2 fully saturated rings. The second kappa shape index (κ2) is 10.3. The Kier molecular flexibility index (Phi) is 6.84. The second-order valence-electron chi connectivity index (χ2n) is 11.2. The number of aryl methyl sites for hydroxylation is 1. The van der Waals surface area contributed by atoms with Crippen LogP contribution in [0, 0.1) is 11.3 Å². The molecule has 4 heterocycles. The average molecular weight is 559 g/mol. The molecule has 1 N–H and O–H groups in total. The lowest BCUT2D eigenvalue weighted by Crippen LogP contribution is -2.68. The van der Waals surface area contributed by atoms with Crippen molar-refractivity contribution >= 4 is 35.1 Å². The van der Waals surface area contributed by atoms with Crippen LogP contribution in [-0.4, -0.2) is 46.9 Å². The van der Waals surface area contributed by atoms with Gasteiger partial charge in [-0.2, -0.15) is 0 Å². The Morgan fingerprint density at radius 2 is 1.62 bits per heavy atom. The molecule has 0 aliphatic carbocycles. The largest absolute Gasteiger partial charge is 0.335 e. The summed E-state index contributed by atoms with van der Waals surface area (Å²) in [6.07, 6.45) is 1.90. The Hall–Kier alpha value is -3.75. The Bertz CT molecular complexity index is 1530. The first-order valence-corrected chi connectivity index (χ1v) is 14.1. The number of benzene rings is 2. The number of fused-ring (bicyclic) bond motifs is 4. The Morgan fingerprint density at radius 1 is 0.900 bits per heavy atom. The van der Waals surface area contributed by atoms with E-state index in [9.17, 15) is 19.2 Å². The zero-order valence-corrected chi connectivity index (χ0v) is 23.1. The second-order valence-corrected chi connectivity index (χ2v) is 11.6. The number of carbonyl (C=O) groups excluding carboxylic acids is 3. The molecule has 3 atom stereocenters. The first-order valence-electron chi connectivity index (χ1n) is 13.7. The number of halogens is 1. The highest BCUT2D eigenvalue weighted by Crippen LogP contribution is 2.39. The van der Waals surface area contributed by atoms with Gasteiger partial charge in [-0.15, -0.1) is 0 Å². The van der Waals surface area contributed by atoms with Gasteiger partial charge in [-0.25, -0.2) is 9.69 Å². The number of amides is 4.